The summed E-state index contributed by atoms with van der Waals surface area (Å²) in [6.45, 7) is 10.3. The van der Waals surface area contributed by atoms with Crippen LogP contribution in [-0.4, -0.2) is 54.4 Å². The third-order valence-corrected chi connectivity index (χ3v) is 3.82. The van der Waals surface area contributed by atoms with Gasteiger partial charge in [0.15, 0.2) is 5.96 Å². The van der Waals surface area contributed by atoms with E-state index in [0.717, 1.165) is 32.1 Å². The summed E-state index contributed by atoms with van der Waals surface area (Å²) in [5.74, 6) is 1.54. The van der Waals surface area contributed by atoms with E-state index in [1.807, 2.05) is 18.7 Å². The second-order valence-corrected chi connectivity index (χ2v) is 5.23. The molecule has 2 N–H and O–H groups in total. The molecule has 1 heterocycles. The molecule has 1 amide bonds. The summed E-state index contributed by atoms with van der Waals surface area (Å²) in [5.41, 5.74) is 5.97. The number of nitrogens with two attached hydrogens (primary N) is 1. The van der Waals surface area contributed by atoms with Crippen molar-refractivity contribution in [3.63, 3.8) is 0 Å². The maximum Gasteiger partial charge on any atom is 0.224 e. The van der Waals surface area contributed by atoms with Gasteiger partial charge in [-0.15, -0.1) is 0 Å². The molecule has 0 bridgehead atoms. The van der Waals surface area contributed by atoms with Crippen molar-refractivity contribution in [3.8, 4) is 0 Å². The third kappa shape index (κ3) is 5.09. The Labute approximate surface area is 116 Å². The van der Waals surface area contributed by atoms with Crippen molar-refractivity contribution in [2.75, 3.05) is 32.7 Å². The molecule has 0 aromatic heterocycles. The molecule has 1 aliphatic heterocycles. The van der Waals surface area contributed by atoms with E-state index in [-0.39, 0.29) is 5.91 Å². The number of aliphatic imine (C=N–C) groups is 1. The maximum atomic E-state index is 11.8. The Hall–Kier alpha value is -1.26. The Kier molecular flexibility index (Phi) is 6.67. The van der Waals surface area contributed by atoms with Crippen molar-refractivity contribution in [3.05, 3.63) is 0 Å². The smallest absolute Gasteiger partial charge is 0.224 e. The molecule has 0 aromatic rings. The minimum Gasteiger partial charge on any atom is -0.370 e. The van der Waals surface area contributed by atoms with Gasteiger partial charge < -0.3 is 15.5 Å². The van der Waals surface area contributed by atoms with Crippen molar-refractivity contribution < 1.29 is 4.79 Å². The zero-order valence-corrected chi connectivity index (χ0v) is 12.6. The lowest BCUT2D eigenvalue weighted by Crippen LogP contribution is -2.42. The third-order valence-electron chi connectivity index (χ3n) is 3.82. The fourth-order valence-electron chi connectivity index (χ4n) is 2.34. The van der Waals surface area contributed by atoms with Gasteiger partial charge >= 0.3 is 0 Å². The van der Waals surface area contributed by atoms with Gasteiger partial charge in [-0.05, 0) is 32.6 Å². The summed E-state index contributed by atoms with van der Waals surface area (Å²) < 4.78 is 0. The van der Waals surface area contributed by atoms with Crippen LogP contribution in [0.3, 0.4) is 0 Å². The maximum absolute atomic E-state index is 11.8. The molecule has 1 rings (SSSR count). The molecule has 0 saturated carbocycles. The van der Waals surface area contributed by atoms with Crippen LogP contribution in [0.25, 0.3) is 0 Å². The van der Waals surface area contributed by atoms with Crippen LogP contribution < -0.4 is 5.73 Å². The normalized spacial score (nSPS) is 17.6. The van der Waals surface area contributed by atoms with Gasteiger partial charge in [0.1, 0.15) is 0 Å². The second kappa shape index (κ2) is 8.02. The van der Waals surface area contributed by atoms with Gasteiger partial charge in [0.25, 0.3) is 0 Å². The summed E-state index contributed by atoms with van der Waals surface area (Å²) in [7, 11) is 0. The molecule has 5 heteroatoms. The van der Waals surface area contributed by atoms with Crippen LogP contribution in [0.1, 0.15) is 40.0 Å². The molecule has 0 spiro atoms. The summed E-state index contributed by atoms with van der Waals surface area (Å²) in [5, 5.41) is 0. The number of carbonyl (C=O) groups is 1. The van der Waals surface area contributed by atoms with Crippen molar-refractivity contribution in [2.24, 2.45) is 16.6 Å². The first-order valence-corrected chi connectivity index (χ1v) is 7.41. The van der Waals surface area contributed by atoms with Crippen molar-refractivity contribution in [2.45, 2.75) is 40.0 Å². The number of nitrogens with zero attached hydrogens (tertiary/aromatic N) is 3. The summed E-state index contributed by atoms with van der Waals surface area (Å²) in [4.78, 5) is 20.1. The second-order valence-electron chi connectivity index (χ2n) is 5.23. The number of guanidine groups is 1. The van der Waals surface area contributed by atoms with E-state index >= 15 is 0 Å². The largest absolute Gasteiger partial charge is 0.370 e. The zero-order valence-electron chi connectivity index (χ0n) is 12.6. The zero-order chi connectivity index (χ0) is 14.3. The molecule has 0 aromatic carbocycles. The molecular weight excluding hydrogens is 240 g/mol. The van der Waals surface area contributed by atoms with E-state index in [1.54, 1.807) is 0 Å². The minimum absolute atomic E-state index is 0.161. The van der Waals surface area contributed by atoms with E-state index in [1.165, 1.54) is 12.8 Å². The van der Waals surface area contributed by atoms with E-state index in [2.05, 4.69) is 16.8 Å². The van der Waals surface area contributed by atoms with Gasteiger partial charge in [0.2, 0.25) is 5.91 Å². The van der Waals surface area contributed by atoms with Gasteiger partial charge in [-0.25, -0.2) is 0 Å². The number of carbonyl (C=O) groups excluding carboxylic acids is 1. The average molecular weight is 268 g/mol. The first-order chi connectivity index (χ1) is 9.08. The van der Waals surface area contributed by atoms with E-state index in [9.17, 15) is 4.79 Å². The van der Waals surface area contributed by atoms with Crippen LogP contribution in [0.5, 0.6) is 0 Å². The fraction of sp³-hybridized carbons (Fsp3) is 0.857. The molecule has 1 saturated heterocycles. The Morgan fingerprint density at radius 2 is 1.89 bits per heavy atom. The molecule has 5 nitrogen and oxygen atoms in total. The van der Waals surface area contributed by atoms with Crippen LogP contribution in [0.15, 0.2) is 4.99 Å². The van der Waals surface area contributed by atoms with Crippen LogP contribution in [-0.2, 0) is 4.79 Å². The standard InChI is InChI=1S/C14H28N4O/c1-4-17(5-2)13(19)6-9-16-14(15)18-10-7-12(3)8-11-18/h12H,4-11H2,1-3H3,(H2,15,16). The van der Waals surface area contributed by atoms with Gasteiger partial charge in [-0.1, -0.05) is 6.92 Å². The first-order valence-electron chi connectivity index (χ1n) is 7.41. The number of hydrogen-bond donors (Lipinski definition) is 1. The highest BCUT2D eigenvalue weighted by Gasteiger charge is 2.17. The predicted octanol–water partition coefficient (Wildman–Crippen LogP) is 1.29. The molecule has 1 fully saturated rings. The molecular formula is C14H28N4O. The number of piperidine rings is 1. The topological polar surface area (TPSA) is 61.9 Å². The van der Waals surface area contributed by atoms with Crippen LogP contribution in [0.2, 0.25) is 0 Å². The molecule has 0 radical (unpaired) electrons. The average Bonchev–Trinajstić information content (AvgIpc) is 2.40. The van der Waals surface area contributed by atoms with Crippen LogP contribution in [0, 0.1) is 5.92 Å². The van der Waals surface area contributed by atoms with Crippen molar-refractivity contribution in [1.82, 2.24) is 9.80 Å². The van der Waals surface area contributed by atoms with Gasteiger partial charge in [-0.3, -0.25) is 9.79 Å². The molecule has 0 atom stereocenters. The van der Waals surface area contributed by atoms with E-state index < -0.39 is 0 Å². The molecule has 0 aliphatic carbocycles. The summed E-state index contributed by atoms with van der Waals surface area (Å²) in [6.07, 6.45) is 2.80. The lowest BCUT2D eigenvalue weighted by atomic mass is 10.00. The van der Waals surface area contributed by atoms with E-state index in [4.69, 9.17) is 5.73 Å². The lowest BCUT2D eigenvalue weighted by molar-refractivity contribution is -0.130. The number of likely N-dealkylation sites (tertiary alicyclic amines) is 1. The summed E-state index contributed by atoms with van der Waals surface area (Å²) >= 11 is 0. The highest BCUT2D eigenvalue weighted by Crippen LogP contribution is 2.15. The Morgan fingerprint density at radius 3 is 2.42 bits per heavy atom. The summed E-state index contributed by atoms with van der Waals surface area (Å²) in [6, 6.07) is 0. The van der Waals surface area contributed by atoms with Gasteiger partial charge in [0, 0.05) is 32.6 Å². The first kappa shape index (κ1) is 15.8. The lowest BCUT2D eigenvalue weighted by Gasteiger charge is -2.31. The highest BCUT2D eigenvalue weighted by molar-refractivity contribution is 5.79. The van der Waals surface area contributed by atoms with Crippen molar-refractivity contribution >= 4 is 11.9 Å². The minimum atomic E-state index is 0.161. The molecule has 19 heavy (non-hydrogen) atoms. The molecule has 0 unspecified atom stereocenters. The molecule has 110 valence electrons. The number of rotatable bonds is 5. The van der Waals surface area contributed by atoms with Crippen molar-refractivity contribution in [1.29, 1.82) is 0 Å². The monoisotopic (exact) mass is 268 g/mol. The number of hydrogen-bond acceptors (Lipinski definition) is 2. The van der Waals surface area contributed by atoms with Crippen LogP contribution >= 0.6 is 0 Å². The van der Waals surface area contributed by atoms with Crippen LogP contribution in [0.4, 0.5) is 0 Å². The predicted molar refractivity (Wildman–Crippen MR) is 79.0 cm³/mol. The Bertz CT molecular complexity index is 305. The SMILES string of the molecule is CCN(CC)C(=O)CCN=C(N)N1CCC(C)CC1. The van der Waals surface area contributed by atoms with Gasteiger partial charge in [0.05, 0.1) is 6.54 Å². The highest BCUT2D eigenvalue weighted by atomic mass is 16.2. The van der Waals surface area contributed by atoms with Gasteiger partial charge in [-0.2, -0.15) is 0 Å². The fourth-order valence-corrected chi connectivity index (χ4v) is 2.34. The number of amides is 1. The quantitative estimate of drug-likeness (QED) is 0.604. The van der Waals surface area contributed by atoms with E-state index in [0.29, 0.717) is 18.9 Å². The molecule has 1 aliphatic rings. The Balaban J connectivity index is 2.33. The Morgan fingerprint density at radius 1 is 1.32 bits per heavy atom.